The molecule has 0 fully saturated rings. The first kappa shape index (κ1) is 13.1. The zero-order valence-electron chi connectivity index (χ0n) is 8.98. The molecule has 1 atom stereocenters. The van der Waals surface area contributed by atoms with Gasteiger partial charge < -0.3 is 5.73 Å². The Hall–Kier alpha value is -0.980. The molecule has 0 saturated heterocycles. The van der Waals surface area contributed by atoms with E-state index in [0.717, 1.165) is 0 Å². The molecule has 0 aliphatic heterocycles. The van der Waals surface area contributed by atoms with Gasteiger partial charge in [-0.05, 0) is 13.0 Å². The van der Waals surface area contributed by atoms with Crippen LogP contribution in [0.4, 0.5) is 4.39 Å². The third-order valence-corrected chi connectivity index (χ3v) is 4.08. The van der Waals surface area contributed by atoms with Crippen LogP contribution < -0.4 is 10.5 Å². The Kier molecular flexibility index (Phi) is 4.40. The summed E-state index contributed by atoms with van der Waals surface area (Å²) in [5.41, 5.74) is 5.58. The highest BCUT2D eigenvalue weighted by Crippen LogP contribution is 2.07. The summed E-state index contributed by atoms with van der Waals surface area (Å²) in [6, 6.07) is 6.02. The Morgan fingerprint density at radius 2 is 2.06 bits per heavy atom. The SMILES string of the molecule is CC(CN)S(=O)(=O)NCc1ccccc1F. The molecule has 90 valence electrons. The summed E-state index contributed by atoms with van der Waals surface area (Å²) in [7, 11) is -3.47. The second-order valence-corrected chi connectivity index (χ2v) is 5.69. The summed E-state index contributed by atoms with van der Waals surface area (Å²) in [6.45, 7) is 1.48. The lowest BCUT2D eigenvalue weighted by molar-refractivity contribution is 0.563. The van der Waals surface area contributed by atoms with Crippen molar-refractivity contribution in [1.82, 2.24) is 4.72 Å². The van der Waals surface area contributed by atoms with E-state index in [2.05, 4.69) is 4.72 Å². The third-order valence-electron chi connectivity index (χ3n) is 2.28. The number of benzene rings is 1. The number of hydrogen-bond donors (Lipinski definition) is 2. The van der Waals surface area contributed by atoms with Crippen molar-refractivity contribution < 1.29 is 12.8 Å². The molecule has 0 aliphatic carbocycles. The molecule has 1 rings (SSSR count). The molecule has 0 aliphatic rings. The van der Waals surface area contributed by atoms with E-state index < -0.39 is 21.1 Å². The molecule has 16 heavy (non-hydrogen) atoms. The Morgan fingerprint density at radius 3 is 2.62 bits per heavy atom. The lowest BCUT2D eigenvalue weighted by Crippen LogP contribution is -2.36. The van der Waals surface area contributed by atoms with Gasteiger partial charge in [-0.2, -0.15) is 0 Å². The quantitative estimate of drug-likeness (QED) is 0.798. The first-order chi connectivity index (χ1) is 7.47. The van der Waals surface area contributed by atoms with Gasteiger partial charge in [0, 0.05) is 18.7 Å². The highest BCUT2D eigenvalue weighted by Gasteiger charge is 2.18. The second kappa shape index (κ2) is 5.38. The van der Waals surface area contributed by atoms with E-state index in [9.17, 15) is 12.8 Å². The summed E-state index contributed by atoms with van der Waals surface area (Å²) >= 11 is 0. The molecule has 1 unspecified atom stereocenters. The third kappa shape index (κ3) is 3.26. The van der Waals surface area contributed by atoms with Crippen molar-refractivity contribution in [2.75, 3.05) is 6.54 Å². The molecule has 3 N–H and O–H groups in total. The van der Waals surface area contributed by atoms with Gasteiger partial charge in [0.15, 0.2) is 0 Å². The van der Waals surface area contributed by atoms with Crippen molar-refractivity contribution in [1.29, 1.82) is 0 Å². The minimum Gasteiger partial charge on any atom is -0.329 e. The average Bonchev–Trinajstić information content (AvgIpc) is 2.27. The van der Waals surface area contributed by atoms with E-state index >= 15 is 0 Å². The van der Waals surface area contributed by atoms with E-state index in [1.807, 2.05) is 0 Å². The van der Waals surface area contributed by atoms with Crippen molar-refractivity contribution in [2.24, 2.45) is 5.73 Å². The predicted octanol–water partition coefficient (Wildman–Crippen LogP) is 0.592. The van der Waals surface area contributed by atoms with Crippen LogP contribution in [0.5, 0.6) is 0 Å². The number of rotatable bonds is 5. The fourth-order valence-corrected chi connectivity index (χ4v) is 1.98. The van der Waals surface area contributed by atoms with Gasteiger partial charge >= 0.3 is 0 Å². The summed E-state index contributed by atoms with van der Waals surface area (Å²) in [5, 5.41) is -0.681. The van der Waals surface area contributed by atoms with Gasteiger partial charge in [-0.1, -0.05) is 18.2 Å². The zero-order valence-corrected chi connectivity index (χ0v) is 9.80. The van der Waals surface area contributed by atoms with Gasteiger partial charge in [-0.3, -0.25) is 0 Å². The highest BCUT2D eigenvalue weighted by atomic mass is 32.2. The minimum atomic E-state index is -3.47. The largest absolute Gasteiger partial charge is 0.329 e. The first-order valence-electron chi connectivity index (χ1n) is 4.89. The summed E-state index contributed by atoms with van der Waals surface area (Å²) in [4.78, 5) is 0. The number of sulfonamides is 1. The van der Waals surface area contributed by atoms with Gasteiger partial charge in [-0.15, -0.1) is 0 Å². The van der Waals surface area contributed by atoms with Crippen LogP contribution in [0.25, 0.3) is 0 Å². The highest BCUT2D eigenvalue weighted by molar-refractivity contribution is 7.90. The molecule has 0 saturated carbocycles. The van der Waals surface area contributed by atoms with Crippen LogP contribution in [0.2, 0.25) is 0 Å². The summed E-state index contributed by atoms with van der Waals surface area (Å²) in [6.07, 6.45) is 0. The molecule has 0 bridgehead atoms. The van der Waals surface area contributed by atoms with Crippen LogP contribution in [0.1, 0.15) is 12.5 Å². The number of nitrogens with one attached hydrogen (secondary N) is 1. The lowest BCUT2D eigenvalue weighted by Gasteiger charge is -2.11. The minimum absolute atomic E-state index is 0.0343. The Bertz CT molecular complexity index is 448. The molecule has 0 heterocycles. The Labute approximate surface area is 94.7 Å². The van der Waals surface area contributed by atoms with Gasteiger partial charge in [0.25, 0.3) is 0 Å². The molecule has 1 aromatic rings. The fraction of sp³-hybridized carbons (Fsp3) is 0.400. The van der Waals surface area contributed by atoms with Crippen LogP contribution in [0, 0.1) is 5.82 Å². The van der Waals surface area contributed by atoms with Crippen molar-refractivity contribution in [3.63, 3.8) is 0 Å². The van der Waals surface area contributed by atoms with Crippen molar-refractivity contribution >= 4 is 10.0 Å². The number of nitrogens with two attached hydrogens (primary N) is 1. The molecular formula is C10H15FN2O2S. The number of halogens is 1. The molecule has 0 amide bonds. The van der Waals surface area contributed by atoms with Crippen LogP contribution in [-0.4, -0.2) is 20.2 Å². The molecular weight excluding hydrogens is 231 g/mol. The molecule has 1 aromatic carbocycles. The Morgan fingerprint density at radius 1 is 1.44 bits per heavy atom. The van der Waals surface area contributed by atoms with Crippen LogP contribution in [0.15, 0.2) is 24.3 Å². The van der Waals surface area contributed by atoms with Crippen LogP contribution in [0.3, 0.4) is 0 Å². The summed E-state index contributed by atoms with van der Waals surface area (Å²) < 4.78 is 38.6. The fourth-order valence-electron chi connectivity index (χ4n) is 1.09. The molecule has 4 nitrogen and oxygen atoms in total. The maximum atomic E-state index is 13.2. The summed E-state index contributed by atoms with van der Waals surface area (Å²) in [5.74, 6) is -0.425. The van der Waals surface area contributed by atoms with Gasteiger partial charge in [0.2, 0.25) is 10.0 Å². The van der Waals surface area contributed by atoms with E-state index in [1.54, 1.807) is 12.1 Å². The van der Waals surface area contributed by atoms with Gasteiger partial charge in [-0.25, -0.2) is 17.5 Å². The van der Waals surface area contributed by atoms with Gasteiger partial charge in [0.05, 0.1) is 5.25 Å². The maximum Gasteiger partial charge on any atom is 0.215 e. The lowest BCUT2D eigenvalue weighted by atomic mass is 10.2. The van der Waals surface area contributed by atoms with Crippen molar-refractivity contribution in [2.45, 2.75) is 18.7 Å². The average molecular weight is 246 g/mol. The molecule has 6 heteroatoms. The first-order valence-corrected chi connectivity index (χ1v) is 6.44. The second-order valence-electron chi connectivity index (χ2n) is 3.50. The van der Waals surface area contributed by atoms with Crippen molar-refractivity contribution in [3.05, 3.63) is 35.6 Å². The Balaban J connectivity index is 2.69. The predicted molar refractivity (Wildman–Crippen MR) is 60.7 cm³/mol. The molecule has 0 aromatic heterocycles. The topological polar surface area (TPSA) is 72.2 Å². The number of hydrogen-bond acceptors (Lipinski definition) is 3. The maximum absolute atomic E-state index is 13.2. The van der Waals surface area contributed by atoms with E-state index in [0.29, 0.717) is 5.56 Å². The normalized spacial score (nSPS) is 13.7. The van der Waals surface area contributed by atoms with E-state index in [-0.39, 0.29) is 13.1 Å². The molecule has 0 radical (unpaired) electrons. The monoisotopic (exact) mass is 246 g/mol. The smallest absolute Gasteiger partial charge is 0.215 e. The molecule has 0 spiro atoms. The van der Waals surface area contributed by atoms with E-state index in [1.165, 1.54) is 19.1 Å². The van der Waals surface area contributed by atoms with Crippen LogP contribution in [-0.2, 0) is 16.6 Å². The standard InChI is InChI=1S/C10H15FN2O2S/c1-8(6-12)16(14,15)13-7-9-4-2-3-5-10(9)11/h2-5,8,13H,6-7,12H2,1H3. The van der Waals surface area contributed by atoms with Crippen LogP contribution >= 0.6 is 0 Å². The van der Waals surface area contributed by atoms with Crippen molar-refractivity contribution in [3.8, 4) is 0 Å². The zero-order chi connectivity index (χ0) is 12.2. The van der Waals surface area contributed by atoms with E-state index in [4.69, 9.17) is 5.73 Å². The van der Waals surface area contributed by atoms with Gasteiger partial charge in [0.1, 0.15) is 5.82 Å².